The van der Waals surface area contributed by atoms with Crippen molar-refractivity contribution in [3.63, 3.8) is 0 Å². The quantitative estimate of drug-likeness (QED) is 0.270. The Morgan fingerprint density at radius 2 is 1.59 bits per heavy atom. The molecule has 0 saturated heterocycles. The third-order valence-electron chi connectivity index (χ3n) is 5.53. The largest absolute Gasteiger partial charge is 0.457 e. The van der Waals surface area contributed by atoms with Crippen LogP contribution in [0.15, 0.2) is 113 Å². The van der Waals surface area contributed by atoms with Crippen LogP contribution in [0.5, 0.6) is 11.5 Å². The number of ether oxygens (including phenoxy) is 1. The highest BCUT2D eigenvalue weighted by molar-refractivity contribution is 7.92. The van der Waals surface area contributed by atoms with Crippen molar-refractivity contribution in [2.45, 2.75) is 4.90 Å². The number of benzene rings is 3. The van der Waals surface area contributed by atoms with Crippen LogP contribution in [0.25, 0.3) is 27.6 Å². The van der Waals surface area contributed by atoms with Gasteiger partial charge < -0.3 is 4.74 Å². The van der Waals surface area contributed by atoms with Gasteiger partial charge in [0.25, 0.3) is 10.0 Å². The van der Waals surface area contributed by atoms with Gasteiger partial charge in [-0.05, 0) is 72.1 Å². The number of nitrogens with one attached hydrogen (secondary N) is 1. The van der Waals surface area contributed by atoms with Gasteiger partial charge in [0.1, 0.15) is 11.5 Å². The molecule has 0 unspecified atom stereocenters. The van der Waals surface area contributed by atoms with E-state index in [0.717, 1.165) is 10.4 Å². The molecule has 0 fully saturated rings. The Bertz CT molecular complexity index is 1780. The average molecular weight is 526 g/mol. The van der Waals surface area contributed by atoms with E-state index in [-0.39, 0.29) is 4.90 Å². The zero-order valence-corrected chi connectivity index (χ0v) is 20.9. The Labute approximate surface area is 216 Å². The number of nitrogens with zero attached hydrogens (tertiary/aromatic N) is 4. The molecule has 10 heteroatoms. The maximum atomic E-state index is 13.0. The van der Waals surface area contributed by atoms with Crippen LogP contribution in [0, 0.1) is 0 Å². The molecule has 6 rings (SSSR count). The number of hydrogen-bond donors (Lipinski definition) is 1. The molecule has 0 spiro atoms. The van der Waals surface area contributed by atoms with Crippen LogP contribution < -0.4 is 9.46 Å². The van der Waals surface area contributed by atoms with Gasteiger partial charge in [0, 0.05) is 11.3 Å². The molecule has 3 heterocycles. The normalized spacial score (nSPS) is 11.5. The number of aromatic nitrogens is 4. The van der Waals surface area contributed by atoms with Crippen molar-refractivity contribution in [1.29, 1.82) is 0 Å². The van der Waals surface area contributed by atoms with E-state index in [1.54, 1.807) is 46.2 Å². The molecule has 3 aromatic carbocycles. The maximum Gasteiger partial charge on any atom is 0.261 e. The molecule has 0 atom stereocenters. The van der Waals surface area contributed by atoms with E-state index in [1.807, 2.05) is 66.0 Å². The first kappa shape index (κ1) is 22.9. The number of anilines is 1. The van der Waals surface area contributed by atoms with Crippen molar-refractivity contribution in [3.8, 4) is 33.5 Å². The highest BCUT2D eigenvalue weighted by atomic mass is 32.2. The lowest BCUT2D eigenvalue weighted by Crippen LogP contribution is -2.12. The van der Waals surface area contributed by atoms with E-state index in [1.165, 1.54) is 12.1 Å². The van der Waals surface area contributed by atoms with Crippen LogP contribution in [-0.2, 0) is 10.0 Å². The van der Waals surface area contributed by atoms with Crippen LogP contribution in [0.3, 0.4) is 0 Å². The molecule has 0 amide bonds. The topological polar surface area (TPSA) is 98.5 Å². The fraction of sp³-hybridized carbons (Fsp3) is 0. The summed E-state index contributed by atoms with van der Waals surface area (Å²) in [6.45, 7) is 0. The molecule has 3 aromatic heterocycles. The zero-order valence-electron chi connectivity index (χ0n) is 19.2. The van der Waals surface area contributed by atoms with E-state index in [9.17, 15) is 8.42 Å². The third kappa shape index (κ3) is 4.80. The van der Waals surface area contributed by atoms with E-state index in [4.69, 9.17) is 9.84 Å². The molecule has 37 heavy (non-hydrogen) atoms. The second kappa shape index (κ2) is 9.49. The first-order valence-corrected chi connectivity index (χ1v) is 13.6. The summed E-state index contributed by atoms with van der Waals surface area (Å²) in [5.74, 6) is 1.88. The van der Waals surface area contributed by atoms with Crippen molar-refractivity contribution in [2.75, 3.05) is 4.72 Å². The monoisotopic (exact) mass is 525 g/mol. The Kier molecular flexibility index (Phi) is 5.87. The van der Waals surface area contributed by atoms with Gasteiger partial charge in [-0.15, -0.1) is 21.5 Å². The van der Waals surface area contributed by atoms with Crippen molar-refractivity contribution in [1.82, 2.24) is 19.8 Å². The standard InChI is InChI=1S/C27H19N5O3S2/c33-37(34,23-13-11-22(12-14-23)35-21-8-2-1-3-9-21)31-20-7-4-6-19(18-20)24-15-16-26-28-29-27(32(26)30-24)25-10-5-17-36-25/h1-18,31H. The molecule has 0 bridgehead atoms. The van der Waals surface area contributed by atoms with Crippen LogP contribution >= 0.6 is 11.3 Å². The van der Waals surface area contributed by atoms with E-state index in [2.05, 4.69) is 14.9 Å². The van der Waals surface area contributed by atoms with Gasteiger partial charge in [-0.1, -0.05) is 36.4 Å². The lowest BCUT2D eigenvalue weighted by Gasteiger charge is -2.11. The highest BCUT2D eigenvalue weighted by Crippen LogP contribution is 2.27. The lowest BCUT2D eigenvalue weighted by atomic mass is 10.1. The van der Waals surface area contributed by atoms with Crippen LogP contribution in [-0.4, -0.2) is 28.2 Å². The molecule has 0 aliphatic carbocycles. The van der Waals surface area contributed by atoms with Gasteiger partial charge >= 0.3 is 0 Å². The number of para-hydroxylation sites is 1. The van der Waals surface area contributed by atoms with Gasteiger partial charge in [-0.3, -0.25) is 4.72 Å². The van der Waals surface area contributed by atoms with Gasteiger partial charge in [-0.2, -0.15) is 9.61 Å². The molecule has 6 aromatic rings. The number of thiophene rings is 1. The van der Waals surface area contributed by atoms with Crippen molar-refractivity contribution < 1.29 is 13.2 Å². The minimum atomic E-state index is -3.81. The SMILES string of the molecule is O=S(=O)(Nc1cccc(-c2ccc3nnc(-c4cccs4)n3n2)c1)c1ccc(Oc2ccccc2)cc1. The van der Waals surface area contributed by atoms with Crippen LogP contribution in [0.1, 0.15) is 0 Å². The predicted octanol–water partition coefficient (Wildman–Crippen LogP) is 6.11. The Hall–Kier alpha value is -4.54. The second-order valence-corrected chi connectivity index (χ2v) is 10.7. The number of rotatable bonds is 7. The number of hydrogen-bond acceptors (Lipinski definition) is 7. The summed E-state index contributed by atoms with van der Waals surface area (Å²) in [6.07, 6.45) is 0. The summed E-state index contributed by atoms with van der Waals surface area (Å²) in [5.41, 5.74) is 2.46. The molecular weight excluding hydrogens is 506 g/mol. The molecular formula is C27H19N5O3S2. The molecule has 182 valence electrons. The Balaban J connectivity index is 1.24. The Morgan fingerprint density at radius 3 is 2.38 bits per heavy atom. The smallest absolute Gasteiger partial charge is 0.261 e. The first-order valence-electron chi connectivity index (χ1n) is 11.3. The van der Waals surface area contributed by atoms with Crippen LogP contribution in [0.4, 0.5) is 5.69 Å². The van der Waals surface area contributed by atoms with Crippen LogP contribution in [0.2, 0.25) is 0 Å². The predicted molar refractivity (Wildman–Crippen MR) is 143 cm³/mol. The fourth-order valence-corrected chi connectivity index (χ4v) is 5.51. The minimum absolute atomic E-state index is 0.128. The molecule has 0 aliphatic rings. The molecule has 0 aliphatic heterocycles. The number of fused-ring (bicyclic) bond motifs is 1. The summed E-state index contributed by atoms with van der Waals surface area (Å²) >= 11 is 1.56. The number of sulfonamides is 1. The van der Waals surface area contributed by atoms with Gasteiger partial charge in [0.15, 0.2) is 11.5 Å². The average Bonchev–Trinajstić information content (AvgIpc) is 3.59. The third-order valence-corrected chi connectivity index (χ3v) is 7.79. The highest BCUT2D eigenvalue weighted by Gasteiger charge is 2.16. The summed E-state index contributed by atoms with van der Waals surface area (Å²) in [4.78, 5) is 1.08. The summed E-state index contributed by atoms with van der Waals surface area (Å²) in [6, 6.07) is 30.3. The second-order valence-electron chi connectivity index (χ2n) is 8.06. The van der Waals surface area contributed by atoms with Crippen molar-refractivity contribution in [2.24, 2.45) is 0 Å². The van der Waals surface area contributed by atoms with Crippen molar-refractivity contribution in [3.05, 3.63) is 109 Å². The van der Waals surface area contributed by atoms with Gasteiger partial charge in [-0.25, -0.2) is 8.42 Å². The summed E-state index contributed by atoms with van der Waals surface area (Å²) in [7, 11) is -3.81. The zero-order chi connectivity index (χ0) is 25.2. The molecule has 0 radical (unpaired) electrons. The Morgan fingerprint density at radius 1 is 0.784 bits per heavy atom. The lowest BCUT2D eigenvalue weighted by molar-refractivity contribution is 0.482. The minimum Gasteiger partial charge on any atom is -0.457 e. The molecule has 0 saturated carbocycles. The molecule has 8 nitrogen and oxygen atoms in total. The summed E-state index contributed by atoms with van der Waals surface area (Å²) in [5, 5.41) is 15.1. The van der Waals surface area contributed by atoms with Gasteiger partial charge in [0.05, 0.1) is 15.5 Å². The molecule has 1 N–H and O–H groups in total. The maximum absolute atomic E-state index is 13.0. The summed E-state index contributed by atoms with van der Waals surface area (Å²) < 4.78 is 36.2. The van der Waals surface area contributed by atoms with E-state index in [0.29, 0.717) is 34.4 Å². The van der Waals surface area contributed by atoms with E-state index >= 15 is 0 Å². The first-order chi connectivity index (χ1) is 18.0. The van der Waals surface area contributed by atoms with E-state index < -0.39 is 10.0 Å². The van der Waals surface area contributed by atoms with Crippen molar-refractivity contribution >= 4 is 32.7 Å². The van der Waals surface area contributed by atoms with Gasteiger partial charge in [0.2, 0.25) is 0 Å². The fourth-order valence-electron chi connectivity index (χ4n) is 3.77.